The van der Waals surface area contributed by atoms with Crippen LogP contribution in [0.5, 0.6) is 0 Å². The van der Waals surface area contributed by atoms with Gasteiger partial charge in [-0.25, -0.2) is 9.97 Å². The third-order valence-electron chi connectivity index (χ3n) is 5.97. The fourth-order valence-electron chi connectivity index (χ4n) is 4.47. The van der Waals surface area contributed by atoms with Crippen molar-refractivity contribution in [3.63, 3.8) is 0 Å². The number of aromatic nitrogens is 2. The molecule has 5 rings (SSSR count). The maximum atomic E-state index is 13.2. The molecule has 3 aromatic rings. The van der Waals surface area contributed by atoms with Crippen molar-refractivity contribution in [1.29, 1.82) is 0 Å². The summed E-state index contributed by atoms with van der Waals surface area (Å²) in [6.07, 6.45) is 5.70. The van der Waals surface area contributed by atoms with E-state index in [-0.39, 0.29) is 11.2 Å². The van der Waals surface area contributed by atoms with Crippen LogP contribution in [0.3, 0.4) is 0 Å². The minimum atomic E-state index is -0.156. The molecule has 1 amide bonds. The standard InChI is InChI=1S/C23H25N3OS2/c1-14(23(27)26-12-11-16-7-3-4-8-17(16)13-26)28-21-20-18-9-5-6-10-19(18)29-22(20)25-15(2)24-21/h3-4,7-8,14H,5-6,9-13H2,1-2H3/t14-/m1/s1. The average Bonchev–Trinajstić information content (AvgIpc) is 3.11. The van der Waals surface area contributed by atoms with Crippen LogP contribution in [-0.4, -0.2) is 32.6 Å². The quantitative estimate of drug-likeness (QED) is 0.442. The molecule has 0 saturated heterocycles. The molecule has 1 aliphatic heterocycles. The van der Waals surface area contributed by atoms with Crippen LogP contribution < -0.4 is 0 Å². The number of thiophene rings is 1. The van der Waals surface area contributed by atoms with Crippen molar-refractivity contribution in [3.8, 4) is 0 Å². The van der Waals surface area contributed by atoms with Crippen LogP contribution in [0.4, 0.5) is 0 Å². The molecule has 0 bridgehead atoms. The zero-order valence-corrected chi connectivity index (χ0v) is 18.5. The molecule has 0 unspecified atom stereocenters. The normalized spacial score (nSPS) is 17.1. The van der Waals surface area contributed by atoms with Crippen molar-refractivity contribution in [3.05, 3.63) is 51.7 Å². The van der Waals surface area contributed by atoms with Gasteiger partial charge in [0.25, 0.3) is 0 Å². The van der Waals surface area contributed by atoms with E-state index in [2.05, 4.69) is 24.3 Å². The molecule has 1 atom stereocenters. The summed E-state index contributed by atoms with van der Waals surface area (Å²) < 4.78 is 0. The summed E-state index contributed by atoms with van der Waals surface area (Å²) in [5.74, 6) is 1.00. The summed E-state index contributed by atoms with van der Waals surface area (Å²) in [7, 11) is 0. The zero-order valence-electron chi connectivity index (χ0n) is 16.9. The van der Waals surface area contributed by atoms with Gasteiger partial charge >= 0.3 is 0 Å². The van der Waals surface area contributed by atoms with E-state index in [0.717, 1.165) is 41.5 Å². The lowest BCUT2D eigenvalue weighted by molar-refractivity contribution is -0.131. The fourth-order valence-corrected chi connectivity index (χ4v) is 6.95. The average molecular weight is 424 g/mol. The molecule has 1 aliphatic carbocycles. The van der Waals surface area contributed by atoms with E-state index in [1.165, 1.54) is 39.8 Å². The Bertz CT molecular complexity index is 1090. The summed E-state index contributed by atoms with van der Waals surface area (Å²) in [5, 5.41) is 2.05. The topological polar surface area (TPSA) is 46.1 Å². The van der Waals surface area contributed by atoms with Crippen molar-refractivity contribution < 1.29 is 4.79 Å². The predicted molar refractivity (Wildman–Crippen MR) is 120 cm³/mol. The third-order valence-corrected chi connectivity index (χ3v) is 8.23. The first-order valence-corrected chi connectivity index (χ1v) is 12.1. The van der Waals surface area contributed by atoms with Crippen LogP contribution in [0.2, 0.25) is 0 Å². The van der Waals surface area contributed by atoms with E-state index in [1.807, 2.05) is 30.1 Å². The summed E-state index contributed by atoms with van der Waals surface area (Å²) in [6, 6.07) is 8.46. The molecular formula is C23H25N3OS2. The van der Waals surface area contributed by atoms with Crippen molar-refractivity contribution >= 4 is 39.2 Å². The Morgan fingerprint density at radius 2 is 1.93 bits per heavy atom. The van der Waals surface area contributed by atoms with Crippen molar-refractivity contribution in [1.82, 2.24) is 14.9 Å². The number of thioether (sulfide) groups is 1. The Hall–Kier alpha value is -1.92. The number of carbonyl (C=O) groups excluding carboxylic acids is 1. The molecule has 2 aromatic heterocycles. The van der Waals surface area contributed by atoms with Crippen molar-refractivity contribution in [2.75, 3.05) is 6.54 Å². The highest BCUT2D eigenvalue weighted by atomic mass is 32.2. The molecule has 0 saturated carbocycles. The number of aryl methyl sites for hydroxylation is 3. The summed E-state index contributed by atoms with van der Waals surface area (Å²) >= 11 is 3.44. The Morgan fingerprint density at radius 1 is 1.14 bits per heavy atom. The van der Waals surface area contributed by atoms with Crippen molar-refractivity contribution in [2.24, 2.45) is 0 Å². The molecule has 0 spiro atoms. The highest BCUT2D eigenvalue weighted by Gasteiger charge is 2.28. The minimum absolute atomic E-state index is 0.156. The van der Waals surface area contributed by atoms with Gasteiger partial charge in [0.1, 0.15) is 15.7 Å². The second-order valence-electron chi connectivity index (χ2n) is 8.01. The first-order valence-electron chi connectivity index (χ1n) is 10.4. The van der Waals surface area contributed by atoms with Crippen molar-refractivity contribution in [2.45, 2.75) is 62.8 Å². The summed E-state index contributed by atoms with van der Waals surface area (Å²) in [6.45, 7) is 5.49. The first-order chi connectivity index (χ1) is 14.1. The van der Waals surface area contributed by atoms with Gasteiger partial charge in [-0.1, -0.05) is 36.0 Å². The first kappa shape index (κ1) is 19.1. The van der Waals surface area contributed by atoms with Gasteiger partial charge in [-0.2, -0.15) is 0 Å². The van der Waals surface area contributed by atoms with E-state index in [0.29, 0.717) is 6.54 Å². The van der Waals surface area contributed by atoms with Gasteiger partial charge in [-0.15, -0.1) is 11.3 Å². The number of nitrogens with zero attached hydrogens (tertiary/aromatic N) is 3. The number of carbonyl (C=O) groups is 1. The maximum absolute atomic E-state index is 13.2. The number of rotatable bonds is 3. The summed E-state index contributed by atoms with van der Waals surface area (Å²) in [5.41, 5.74) is 4.08. The van der Waals surface area contributed by atoms with Gasteiger partial charge in [0, 0.05) is 23.4 Å². The highest BCUT2D eigenvalue weighted by molar-refractivity contribution is 8.00. The van der Waals surface area contributed by atoms with Gasteiger partial charge < -0.3 is 4.90 Å². The lowest BCUT2D eigenvalue weighted by Gasteiger charge is -2.30. The van der Waals surface area contributed by atoms with Gasteiger partial charge in [-0.3, -0.25) is 4.79 Å². The monoisotopic (exact) mass is 423 g/mol. The van der Waals surface area contributed by atoms with Gasteiger partial charge in [0.05, 0.1) is 5.25 Å². The van der Waals surface area contributed by atoms with E-state index < -0.39 is 0 Å². The van der Waals surface area contributed by atoms with E-state index in [9.17, 15) is 4.79 Å². The number of benzene rings is 1. The number of hydrogen-bond acceptors (Lipinski definition) is 5. The maximum Gasteiger partial charge on any atom is 0.236 e. The van der Waals surface area contributed by atoms with Crippen LogP contribution >= 0.6 is 23.1 Å². The fraction of sp³-hybridized carbons (Fsp3) is 0.435. The molecule has 0 radical (unpaired) electrons. The van der Waals surface area contributed by atoms with Crippen LogP contribution in [-0.2, 0) is 30.6 Å². The Morgan fingerprint density at radius 3 is 2.79 bits per heavy atom. The zero-order chi connectivity index (χ0) is 20.0. The number of hydrogen-bond donors (Lipinski definition) is 0. The highest BCUT2D eigenvalue weighted by Crippen LogP contribution is 2.40. The van der Waals surface area contributed by atoms with Crippen LogP contribution in [0.15, 0.2) is 29.3 Å². The molecule has 1 aromatic carbocycles. The Labute approximate surface area is 179 Å². The Kier molecular flexibility index (Phi) is 5.08. The number of fused-ring (bicyclic) bond motifs is 4. The van der Waals surface area contributed by atoms with E-state index in [4.69, 9.17) is 9.97 Å². The van der Waals surface area contributed by atoms with Crippen LogP contribution in [0.25, 0.3) is 10.2 Å². The van der Waals surface area contributed by atoms with Crippen LogP contribution in [0, 0.1) is 6.92 Å². The van der Waals surface area contributed by atoms with Gasteiger partial charge in [-0.05, 0) is 62.6 Å². The second-order valence-corrected chi connectivity index (χ2v) is 10.4. The van der Waals surface area contributed by atoms with Gasteiger partial charge in [0.15, 0.2) is 0 Å². The molecule has 6 heteroatoms. The molecule has 4 nitrogen and oxygen atoms in total. The SMILES string of the molecule is Cc1nc(S[C@H](C)C(=O)N2CCc3ccccc3C2)c2c3c(sc2n1)CCCC3. The lowest BCUT2D eigenvalue weighted by Crippen LogP contribution is -2.40. The molecule has 150 valence electrons. The smallest absolute Gasteiger partial charge is 0.236 e. The molecule has 29 heavy (non-hydrogen) atoms. The van der Waals surface area contributed by atoms with E-state index >= 15 is 0 Å². The molecule has 0 fully saturated rings. The van der Waals surface area contributed by atoms with Gasteiger partial charge in [0.2, 0.25) is 5.91 Å². The van der Waals surface area contributed by atoms with Crippen LogP contribution in [0.1, 0.15) is 47.2 Å². The Balaban J connectivity index is 1.41. The lowest BCUT2D eigenvalue weighted by atomic mass is 9.97. The third kappa shape index (κ3) is 3.57. The molecule has 3 heterocycles. The molecular weight excluding hydrogens is 398 g/mol. The van der Waals surface area contributed by atoms with E-state index in [1.54, 1.807) is 11.8 Å². The molecule has 2 aliphatic rings. The minimum Gasteiger partial charge on any atom is -0.337 e. The predicted octanol–water partition coefficient (Wildman–Crippen LogP) is 4.94. The second kappa shape index (κ2) is 7.73. The largest absolute Gasteiger partial charge is 0.337 e. The number of amides is 1. The molecule has 0 N–H and O–H groups in total. The summed E-state index contributed by atoms with van der Waals surface area (Å²) in [4.78, 5) is 27.3.